The van der Waals surface area contributed by atoms with Gasteiger partial charge in [-0.05, 0) is 49.1 Å². The number of aromatic nitrogens is 3. The van der Waals surface area contributed by atoms with E-state index in [0.717, 1.165) is 30.5 Å². The van der Waals surface area contributed by atoms with E-state index < -0.39 is 6.36 Å². The third-order valence-corrected chi connectivity index (χ3v) is 7.08. The fraction of sp³-hybridized carbons (Fsp3) is 0.464. The van der Waals surface area contributed by atoms with Gasteiger partial charge in [-0.2, -0.15) is 5.10 Å². The summed E-state index contributed by atoms with van der Waals surface area (Å²) >= 11 is 0. The number of ether oxygens (including phenoxy) is 3. The maximum Gasteiger partial charge on any atom is 0.573 e. The highest BCUT2D eigenvalue weighted by Gasteiger charge is 2.44. The molecule has 1 heterocycles. The molecular weight excluding hydrogens is 513 g/mol. The van der Waals surface area contributed by atoms with Crippen LogP contribution in [0.4, 0.5) is 13.2 Å². The van der Waals surface area contributed by atoms with E-state index in [9.17, 15) is 13.2 Å². The molecule has 0 aliphatic heterocycles. The van der Waals surface area contributed by atoms with Crippen LogP contribution in [0.3, 0.4) is 0 Å². The zero-order valence-electron chi connectivity index (χ0n) is 22.0. The van der Waals surface area contributed by atoms with Crippen LogP contribution in [0, 0.1) is 17.3 Å². The highest BCUT2D eigenvalue weighted by molar-refractivity contribution is 5.92. The first-order valence-electron chi connectivity index (χ1n) is 12.8. The van der Waals surface area contributed by atoms with Crippen LogP contribution in [-0.2, 0) is 22.7 Å². The minimum Gasteiger partial charge on any atom is -0.493 e. The van der Waals surface area contributed by atoms with Gasteiger partial charge in [0, 0.05) is 23.9 Å². The van der Waals surface area contributed by atoms with Crippen molar-refractivity contribution >= 4 is 5.71 Å². The molecule has 0 N–H and O–H groups in total. The molecule has 210 valence electrons. The summed E-state index contributed by atoms with van der Waals surface area (Å²) in [7, 11) is 1.54. The summed E-state index contributed by atoms with van der Waals surface area (Å²) in [6.07, 6.45) is 0.884. The smallest absolute Gasteiger partial charge is 0.493 e. The summed E-state index contributed by atoms with van der Waals surface area (Å²) in [5.74, 6) is 0.160. The van der Waals surface area contributed by atoms with Crippen molar-refractivity contribution in [3.8, 4) is 11.5 Å². The molecule has 1 fully saturated rings. The average Bonchev–Trinajstić information content (AvgIpc) is 3.42. The molecule has 11 heteroatoms. The minimum atomic E-state index is -4.74. The van der Waals surface area contributed by atoms with Gasteiger partial charge < -0.3 is 19.0 Å². The van der Waals surface area contributed by atoms with Crippen molar-refractivity contribution in [2.24, 2.45) is 22.4 Å². The Morgan fingerprint density at radius 3 is 2.49 bits per heavy atom. The molecule has 3 aromatic rings. The Hall–Kier alpha value is -3.60. The summed E-state index contributed by atoms with van der Waals surface area (Å²) in [4.78, 5) is 9.40. The minimum absolute atomic E-state index is 0.0625. The van der Waals surface area contributed by atoms with E-state index in [1.165, 1.54) is 37.7 Å². The second-order valence-corrected chi connectivity index (χ2v) is 9.86. The van der Waals surface area contributed by atoms with Crippen molar-refractivity contribution in [3.63, 3.8) is 0 Å². The van der Waals surface area contributed by atoms with Crippen LogP contribution in [0.25, 0.3) is 0 Å². The Labute approximate surface area is 225 Å². The lowest BCUT2D eigenvalue weighted by Crippen LogP contribution is -2.46. The highest BCUT2D eigenvalue weighted by Crippen LogP contribution is 2.43. The summed E-state index contributed by atoms with van der Waals surface area (Å²) in [5.41, 5.74) is 1.78. The standard InChI is InChI=1S/C28H33F3N4O4/c1-27(14-15-37-17-21-6-4-3-5-7-21)13-12-22(25(26(27)34-36-2)16-35-20-32-19-33-35)18-38-23-8-10-24(11-9-23)39-28(29,30)31/h3-11,19-20,22,25H,12-18H2,1-2H3/t22-,25-,27-/m0/s1. The molecule has 3 atom stereocenters. The van der Waals surface area contributed by atoms with Crippen molar-refractivity contribution in [1.82, 2.24) is 14.8 Å². The van der Waals surface area contributed by atoms with Gasteiger partial charge in [0.1, 0.15) is 31.3 Å². The molecule has 8 nitrogen and oxygen atoms in total. The lowest BCUT2D eigenvalue weighted by molar-refractivity contribution is -0.274. The molecule has 1 aliphatic rings. The van der Waals surface area contributed by atoms with Gasteiger partial charge in [-0.3, -0.25) is 4.68 Å². The van der Waals surface area contributed by atoms with E-state index in [2.05, 4.69) is 26.9 Å². The monoisotopic (exact) mass is 546 g/mol. The van der Waals surface area contributed by atoms with E-state index in [-0.39, 0.29) is 23.0 Å². The third-order valence-electron chi connectivity index (χ3n) is 7.08. The first kappa shape index (κ1) is 28.4. The van der Waals surface area contributed by atoms with Gasteiger partial charge in [0.2, 0.25) is 0 Å². The van der Waals surface area contributed by atoms with Crippen molar-refractivity contribution in [2.45, 2.75) is 45.7 Å². The molecule has 39 heavy (non-hydrogen) atoms. The summed E-state index contributed by atoms with van der Waals surface area (Å²) in [5, 5.41) is 8.80. The second kappa shape index (κ2) is 13.0. The first-order valence-corrected chi connectivity index (χ1v) is 12.8. The lowest BCUT2D eigenvalue weighted by atomic mass is 9.63. The molecular formula is C28H33F3N4O4. The summed E-state index contributed by atoms with van der Waals surface area (Å²) in [6, 6.07) is 15.4. The number of oxime groups is 1. The Morgan fingerprint density at radius 1 is 1.08 bits per heavy atom. The normalized spacial score (nSPS) is 22.5. The van der Waals surface area contributed by atoms with E-state index in [4.69, 9.17) is 14.3 Å². The van der Waals surface area contributed by atoms with E-state index in [1.807, 2.05) is 30.3 Å². The van der Waals surface area contributed by atoms with Gasteiger partial charge in [0.25, 0.3) is 0 Å². The zero-order valence-corrected chi connectivity index (χ0v) is 22.0. The lowest BCUT2D eigenvalue weighted by Gasteiger charge is -2.43. The van der Waals surface area contributed by atoms with Gasteiger partial charge in [-0.25, -0.2) is 4.98 Å². The molecule has 1 aliphatic carbocycles. The molecule has 0 amide bonds. The van der Waals surface area contributed by atoms with Crippen molar-refractivity contribution in [1.29, 1.82) is 0 Å². The van der Waals surface area contributed by atoms with Crippen LogP contribution in [-0.4, -0.2) is 47.2 Å². The number of benzene rings is 2. The molecule has 0 unspecified atom stereocenters. The first-order chi connectivity index (χ1) is 18.8. The molecule has 4 rings (SSSR count). The fourth-order valence-corrected chi connectivity index (χ4v) is 5.00. The van der Waals surface area contributed by atoms with Crippen molar-refractivity contribution in [2.75, 3.05) is 20.3 Å². The maximum atomic E-state index is 12.5. The second-order valence-electron chi connectivity index (χ2n) is 9.86. The van der Waals surface area contributed by atoms with Gasteiger partial charge in [0.15, 0.2) is 0 Å². The zero-order chi connectivity index (χ0) is 27.7. The molecule has 1 saturated carbocycles. The number of hydrogen-bond acceptors (Lipinski definition) is 7. The van der Waals surface area contributed by atoms with Crippen LogP contribution < -0.4 is 9.47 Å². The summed E-state index contributed by atoms with van der Waals surface area (Å²) < 4.78 is 55.2. The predicted octanol–water partition coefficient (Wildman–Crippen LogP) is 5.90. The fourth-order valence-electron chi connectivity index (χ4n) is 5.00. The van der Waals surface area contributed by atoms with Crippen LogP contribution >= 0.6 is 0 Å². The highest BCUT2D eigenvalue weighted by atomic mass is 19.4. The Bertz CT molecular complexity index is 1170. The van der Waals surface area contributed by atoms with Gasteiger partial charge in [-0.15, -0.1) is 13.2 Å². The van der Waals surface area contributed by atoms with Crippen molar-refractivity contribution in [3.05, 3.63) is 72.8 Å². The van der Waals surface area contributed by atoms with Crippen molar-refractivity contribution < 1.29 is 32.2 Å². The Morgan fingerprint density at radius 2 is 1.82 bits per heavy atom. The van der Waals surface area contributed by atoms with Gasteiger partial charge in [0.05, 0.1) is 25.5 Å². The topological polar surface area (TPSA) is 80.0 Å². The van der Waals surface area contributed by atoms with Gasteiger partial charge >= 0.3 is 6.36 Å². The van der Waals surface area contributed by atoms with Crippen LogP contribution in [0.15, 0.2) is 72.4 Å². The van der Waals surface area contributed by atoms with Gasteiger partial charge in [-0.1, -0.05) is 42.4 Å². The molecule has 0 bridgehead atoms. The molecule has 0 spiro atoms. The number of halogens is 3. The molecule has 2 aromatic carbocycles. The third kappa shape index (κ3) is 8.19. The number of nitrogens with zero attached hydrogens (tertiary/aromatic N) is 4. The van der Waals surface area contributed by atoms with E-state index >= 15 is 0 Å². The Balaban J connectivity index is 1.44. The van der Waals surface area contributed by atoms with E-state index in [0.29, 0.717) is 32.1 Å². The van der Waals surface area contributed by atoms with Crippen LogP contribution in [0.5, 0.6) is 11.5 Å². The maximum absolute atomic E-state index is 12.5. The predicted molar refractivity (Wildman–Crippen MR) is 138 cm³/mol. The SMILES string of the molecule is CON=C1[C@@H](Cn2cncn2)[C@H](COc2ccc(OC(F)(F)F)cc2)CC[C@@]1(C)CCOCc1ccccc1. The number of rotatable bonds is 12. The van der Waals surface area contributed by atoms with Crippen LogP contribution in [0.2, 0.25) is 0 Å². The molecule has 1 aromatic heterocycles. The van der Waals surface area contributed by atoms with Crippen LogP contribution in [0.1, 0.15) is 31.7 Å². The molecule has 0 saturated heterocycles. The molecule has 0 radical (unpaired) electrons. The Kier molecular flexibility index (Phi) is 9.45. The quantitative estimate of drug-likeness (QED) is 0.208. The summed E-state index contributed by atoms with van der Waals surface area (Å²) in [6.45, 7) is 4.18. The average molecular weight is 547 g/mol. The van der Waals surface area contributed by atoms with E-state index in [1.54, 1.807) is 11.0 Å². The largest absolute Gasteiger partial charge is 0.573 e. The number of hydrogen-bond donors (Lipinski definition) is 0. The number of alkyl halides is 3.